The smallest absolute Gasteiger partial charge is 0.252 e. The lowest BCUT2D eigenvalue weighted by Crippen LogP contribution is -2.39. The molecule has 2 aliphatic heterocycles. The average Bonchev–Trinajstić information content (AvgIpc) is 2.46. The van der Waals surface area contributed by atoms with Gasteiger partial charge in [0, 0.05) is 19.5 Å². The number of hydrogen-bond acceptors (Lipinski definition) is 4. The quantitative estimate of drug-likeness (QED) is 0.776. The largest absolute Gasteiger partial charge is 0.463 e. The number of nitrogens with zero attached hydrogens (tertiary/aromatic N) is 2. The summed E-state index contributed by atoms with van der Waals surface area (Å²) in [6.07, 6.45) is 4.20. The molecule has 2 rings (SSSR count). The Morgan fingerprint density at radius 3 is 2.84 bits per heavy atom. The van der Waals surface area contributed by atoms with Crippen LogP contribution in [0, 0.1) is 11.8 Å². The maximum Gasteiger partial charge on any atom is 0.252 e. The minimum absolute atomic E-state index is 0.0738. The Morgan fingerprint density at radius 2 is 2.11 bits per heavy atom. The summed E-state index contributed by atoms with van der Waals surface area (Å²) in [5.41, 5.74) is 0. The van der Waals surface area contributed by atoms with E-state index in [4.69, 9.17) is 4.74 Å². The fraction of sp³-hybridized carbons (Fsp3) is 0.643. The first kappa shape index (κ1) is 13.7. The molecule has 0 saturated carbocycles. The molecular formula is C14H20FN3O. The fourth-order valence-corrected chi connectivity index (χ4v) is 2.19. The number of nitrogens with one attached hydrogen (secondary N) is 1. The van der Waals surface area contributed by atoms with Crippen molar-refractivity contribution in [3.05, 3.63) is 11.6 Å². The van der Waals surface area contributed by atoms with Gasteiger partial charge < -0.3 is 15.0 Å². The van der Waals surface area contributed by atoms with Gasteiger partial charge in [0.1, 0.15) is 12.5 Å². The molecule has 104 valence electrons. The zero-order chi connectivity index (χ0) is 13.5. The maximum absolute atomic E-state index is 14.3. The molecule has 0 spiro atoms. The van der Waals surface area contributed by atoms with Gasteiger partial charge in [-0.3, -0.25) is 0 Å². The molecule has 0 aliphatic carbocycles. The number of halogens is 1. The molecule has 4 nitrogen and oxygen atoms in total. The van der Waals surface area contributed by atoms with Gasteiger partial charge in [0.15, 0.2) is 6.61 Å². The Labute approximate surface area is 113 Å². The van der Waals surface area contributed by atoms with Crippen molar-refractivity contribution in [1.29, 1.82) is 0 Å². The molecule has 5 heteroatoms. The van der Waals surface area contributed by atoms with E-state index < -0.39 is 5.83 Å². The molecular weight excluding hydrogens is 245 g/mol. The van der Waals surface area contributed by atoms with Gasteiger partial charge in [-0.25, -0.2) is 4.99 Å². The van der Waals surface area contributed by atoms with Crippen molar-refractivity contribution >= 4 is 5.90 Å². The second-order valence-electron chi connectivity index (χ2n) is 4.50. The summed E-state index contributed by atoms with van der Waals surface area (Å²) in [7, 11) is 0. The van der Waals surface area contributed by atoms with Gasteiger partial charge in [0.25, 0.3) is 5.90 Å². The van der Waals surface area contributed by atoms with Crippen LogP contribution in [0.15, 0.2) is 16.6 Å². The molecule has 2 aliphatic rings. The highest BCUT2D eigenvalue weighted by atomic mass is 19.1. The van der Waals surface area contributed by atoms with Crippen molar-refractivity contribution in [2.45, 2.75) is 32.6 Å². The summed E-state index contributed by atoms with van der Waals surface area (Å²) in [5, 5.41) is 3.00. The van der Waals surface area contributed by atoms with Gasteiger partial charge in [-0.2, -0.15) is 4.39 Å². The second kappa shape index (κ2) is 7.03. The molecule has 0 aromatic heterocycles. The van der Waals surface area contributed by atoms with E-state index >= 15 is 0 Å². The number of likely N-dealkylation sites (tertiary alicyclic amines) is 1. The molecule has 0 unspecified atom stereocenters. The lowest BCUT2D eigenvalue weighted by molar-refractivity contribution is 0.251. The van der Waals surface area contributed by atoms with Crippen LogP contribution in [-0.2, 0) is 4.74 Å². The predicted octanol–water partition coefficient (Wildman–Crippen LogP) is 2.00. The third-order valence-electron chi connectivity index (χ3n) is 3.12. The van der Waals surface area contributed by atoms with E-state index in [1.807, 2.05) is 11.8 Å². The number of aliphatic imine (C=N–C) groups is 1. The van der Waals surface area contributed by atoms with E-state index in [0.717, 1.165) is 32.4 Å². The number of rotatable bonds is 2. The van der Waals surface area contributed by atoms with Gasteiger partial charge in [0.05, 0.1) is 0 Å². The lowest BCUT2D eigenvalue weighted by Gasteiger charge is -2.32. The van der Waals surface area contributed by atoms with Crippen LogP contribution in [0.5, 0.6) is 0 Å². The molecule has 1 N–H and O–H groups in total. The predicted molar refractivity (Wildman–Crippen MR) is 73.0 cm³/mol. The average molecular weight is 265 g/mol. The van der Waals surface area contributed by atoms with E-state index in [2.05, 4.69) is 22.2 Å². The van der Waals surface area contributed by atoms with Crippen molar-refractivity contribution in [2.75, 3.05) is 26.4 Å². The number of hydrogen-bond donors (Lipinski definition) is 1. The molecule has 19 heavy (non-hydrogen) atoms. The van der Waals surface area contributed by atoms with E-state index in [0.29, 0.717) is 12.5 Å². The van der Waals surface area contributed by atoms with Gasteiger partial charge in [-0.1, -0.05) is 12.8 Å². The van der Waals surface area contributed by atoms with Crippen LogP contribution >= 0.6 is 0 Å². The molecule has 0 aromatic rings. The van der Waals surface area contributed by atoms with Crippen molar-refractivity contribution < 1.29 is 9.13 Å². The van der Waals surface area contributed by atoms with Crippen LogP contribution < -0.4 is 5.32 Å². The monoisotopic (exact) mass is 265 g/mol. The van der Waals surface area contributed by atoms with E-state index in [1.165, 1.54) is 6.42 Å². The highest BCUT2D eigenvalue weighted by Gasteiger charge is 2.24. The summed E-state index contributed by atoms with van der Waals surface area (Å²) >= 11 is 0. The van der Waals surface area contributed by atoms with Crippen LogP contribution in [0.25, 0.3) is 0 Å². The minimum atomic E-state index is -0.397. The summed E-state index contributed by atoms with van der Waals surface area (Å²) in [6.45, 7) is 4.28. The van der Waals surface area contributed by atoms with Crippen molar-refractivity contribution in [3.8, 4) is 11.8 Å². The van der Waals surface area contributed by atoms with Crippen molar-refractivity contribution in [3.63, 3.8) is 0 Å². The third-order valence-corrected chi connectivity index (χ3v) is 3.12. The molecule has 0 bridgehead atoms. The molecule has 0 aromatic carbocycles. The van der Waals surface area contributed by atoms with Crippen LogP contribution in [-0.4, -0.2) is 37.2 Å². The summed E-state index contributed by atoms with van der Waals surface area (Å²) in [6, 6.07) is 0. The Balaban J connectivity index is 2.00. The molecule has 0 atom stereocenters. The van der Waals surface area contributed by atoms with Gasteiger partial charge in [0.2, 0.25) is 5.83 Å². The Kier molecular flexibility index (Phi) is 5.08. The Bertz CT molecular complexity index is 428. The first-order chi connectivity index (χ1) is 9.33. The van der Waals surface area contributed by atoms with Crippen LogP contribution in [0.2, 0.25) is 0 Å². The van der Waals surface area contributed by atoms with Gasteiger partial charge in [-0.05, 0) is 19.3 Å². The number of piperidine rings is 1. The summed E-state index contributed by atoms with van der Waals surface area (Å²) < 4.78 is 19.6. The van der Waals surface area contributed by atoms with E-state index in [9.17, 15) is 4.39 Å². The molecule has 0 radical (unpaired) electrons. The molecule has 1 saturated heterocycles. The maximum atomic E-state index is 14.3. The highest BCUT2D eigenvalue weighted by Crippen LogP contribution is 2.19. The van der Waals surface area contributed by atoms with Crippen LogP contribution in [0.3, 0.4) is 0 Å². The van der Waals surface area contributed by atoms with Gasteiger partial charge >= 0.3 is 0 Å². The van der Waals surface area contributed by atoms with Crippen LogP contribution in [0.1, 0.15) is 32.6 Å². The summed E-state index contributed by atoms with van der Waals surface area (Å²) in [4.78, 5) is 6.05. The first-order valence-electron chi connectivity index (χ1n) is 6.85. The number of ether oxygens (including phenoxy) is 1. The van der Waals surface area contributed by atoms with E-state index in [-0.39, 0.29) is 12.5 Å². The zero-order valence-electron chi connectivity index (χ0n) is 11.3. The third kappa shape index (κ3) is 3.63. The Morgan fingerprint density at radius 1 is 1.32 bits per heavy atom. The minimum Gasteiger partial charge on any atom is -0.463 e. The lowest BCUT2D eigenvalue weighted by atomic mass is 10.1. The fourth-order valence-electron chi connectivity index (χ4n) is 2.19. The Hall–Kier alpha value is -1.70. The topological polar surface area (TPSA) is 36.9 Å². The molecule has 0 amide bonds. The normalized spacial score (nSPS) is 19.3. The summed E-state index contributed by atoms with van der Waals surface area (Å²) in [5.74, 6) is 5.90. The van der Waals surface area contributed by atoms with Crippen LogP contribution in [0.4, 0.5) is 4.39 Å². The SMILES string of the molecule is CCC#CCOC1=NCNC(N2CCCCC2)=C1F. The zero-order valence-corrected chi connectivity index (χ0v) is 11.3. The second-order valence-corrected chi connectivity index (χ2v) is 4.50. The van der Waals surface area contributed by atoms with Crippen molar-refractivity contribution in [1.82, 2.24) is 10.2 Å². The first-order valence-corrected chi connectivity index (χ1v) is 6.85. The van der Waals surface area contributed by atoms with Crippen molar-refractivity contribution in [2.24, 2.45) is 4.99 Å². The molecule has 2 heterocycles. The highest BCUT2D eigenvalue weighted by molar-refractivity contribution is 5.92. The molecule has 1 fully saturated rings. The van der Waals surface area contributed by atoms with E-state index in [1.54, 1.807) is 0 Å². The standard InChI is InChI=1S/C14H20FN3O/c1-2-3-7-10-19-14-12(15)13(16-11-17-14)18-8-5-4-6-9-18/h16H,2,4-6,8-11H2,1H3. The van der Waals surface area contributed by atoms with Gasteiger partial charge in [-0.15, -0.1) is 5.92 Å².